The minimum Gasteiger partial charge on any atom is -0.508 e. The second-order valence-corrected chi connectivity index (χ2v) is 3.49. The maximum absolute atomic E-state index is 10.9. The van der Waals surface area contributed by atoms with Gasteiger partial charge < -0.3 is 16.2 Å². The number of rotatable bonds is 1. The summed E-state index contributed by atoms with van der Waals surface area (Å²) in [6.07, 6.45) is 0.555. The van der Waals surface area contributed by atoms with Crippen LogP contribution < -0.4 is 11.1 Å². The third-order valence-corrected chi connectivity index (χ3v) is 2.50. The molecule has 0 aromatic heterocycles. The average molecular weight is 192 g/mol. The Morgan fingerprint density at radius 2 is 2.29 bits per heavy atom. The topological polar surface area (TPSA) is 75.4 Å². The number of aromatic hydroxyl groups is 1. The lowest BCUT2D eigenvalue weighted by Gasteiger charge is -2.23. The number of phenols is 1. The number of carbonyl (C=O) groups excluding carboxylic acids is 1. The number of fused-ring (bicyclic) bond motifs is 1. The highest BCUT2D eigenvalue weighted by Gasteiger charge is 2.21. The Bertz CT molecular complexity index is 376. The Labute approximate surface area is 81.7 Å². The fourth-order valence-electron chi connectivity index (χ4n) is 1.70. The van der Waals surface area contributed by atoms with Crippen LogP contribution in [0.5, 0.6) is 5.75 Å². The maximum Gasteiger partial charge on any atom is 0.234 e. The monoisotopic (exact) mass is 192 g/mol. The lowest BCUT2D eigenvalue weighted by atomic mass is 9.95. The summed E-state index contributed by atoms with van der Waals surface area (Å²) in [5, 5.41) is 12.3. The number of amides is 1. The van der Waals surface area contributed by atoms with Crippen LogP contribution in [0.3, 0.4) is 0 Å². The Morgan fingerprint density at radius 3 is 3.00 bits per heavy atom. The molecule has 2 rings (SSSR count). The summed E-state index contributed by atoms with van der Waals surface area (Å²) in [5.74, 6) is -0.118. The van der Waals surface area contributed by atoms with Crippen LogP contribution in [0.4, 0.5) is 0 Å². The van der Waals surface area contributed by atoms with Gasteiger partial charge in [-0.1, -0.05) is 6.07 Å². The van der Waals surface area contributed by atoms with E-state index in [1.807, 2.05) is 6.07 Å². The van der Waals surface area contributed by atoms with Gasteiger partial charge in [0.05, 0.1) is 6.04 Å². The van der Waals surface area contributed by atoms with Gasteiger partial charge >= 0.3 is 0 Å². The summed E-state index contributed by atoms with van der Waals surface area (Å²) in [7, 11) is 0. The molecule has 1 aromatic rings. The minimum atomic E-state index is -0.348. The largest absolute Gasteiger partial charge is 0.508 e. The Morgan fingerprint density at radius 1 is 1.50 bits per heavy atom. The van der Waals surface area contributed by atoms with E-state index in [4.69, 9.17) is 5.73 Å². The van der Waals surface area contributed by atoms with Crippen LogP contribution in [0.2, 0.25) is 0 Å². The molecule has 0 saturated heterocycles. The smallest absolute Gasteiger partial charge is 0.234 e. The predicted molar refractivity (Wildman–Crippen MR) is 51.6 cm³/mol. The van der Waals surface area contributed by atoms with Gasteiger partial charge in [0.25, 0.3) is 0 Å². The van der Waals surface area contributed by atoms with E-state index in [0.717, 1.165) is 11.1 Å². The molecule has 1 amide bonds. The van der Waals surface area contributed by atoms with Crippen molar-refractivity contribution >= 4 is 5.91 Å². The number of primary amides is 1. The highest BCUT2D eigenvalue weighted by molar-refractivity contribution is 5.80. The van der Waals surface area contributed by atoms with Gasteiger partial charge in [0.1, 0.15) is 5.75 Å². The number of benzene rings is 1. The van der Waals surface area contributed by atoms with Crippen molar-refractivity contribution in [2.45, 2.75) is 19.0 Å². The SMILES string of the molecule is NC(=O)C1Cc2cc(O)ccc2CN1. The molecular formula is C10H12N2O2. The van der Waals surface area contributed by atoms with Crippen LogP contribution in [0.15, 0.2) is 18.2 Å². The number of phenolic OH excluding ortho intramolecular Hbond substituents is 1. The van der Waals surface area contributed by atoms with E-state index >= 15 is 0 Å². The van der Waals surface area contributed by atoms with Gasteiger partial charge in [-0.2, -0.15) is 0 Å². The van der Waals surface area contributed by atoms with Gasteiger partial charge in [-0.05, 0) is 29.7 Å². The zero-order chi connectivity index (χ0) is 10.1. The van der Waals surface area contributed by atoms with Crippen molar-refractivity contribution < 1.29 is 9.90 Å². The van der Waals surface area contributed by atoms with Gasteiger partial charge in [-0.25, -0.2) is 0 Å². The first-order valence-electron chi connectivity index (χ1n) is 4.50. The van der Waals surface area contributed by atoms with Crippen LogP contribution in [0.1, 0.15) is 11.1 Å². The van der Waals surface area contributed by atoms with Gasteiger partial charge in [0.2, 0.25) is 5.91 Å². The first-order chi connectivity index (χ1) is 6.66. The highest BCUT2D eigenvalue weighted by Crippen LogP contribution is 2.21. The molecule has 1 aliphatic rings. The third-order valence-electron chi connectivity index (χ3n) is 2.50. The van der Waals surface area contributed by atoms with Crippen LogP contribution in [-0.4, -0.2) is 17.1 Å². The number of carbonyl (C=O) groups is 1. The zero-order valence-corrected chi connectivity index (χ0v) is 7.66. The van der Waals surface area contributed by atoms with Gasteiger partial charge in [0.15, 0.2) is 0 Å². The normalized spacial score (nSPS) is 20.1. The summed E-state index contributed by atoms with van der Waals surface area (Å²) in [4.78, 5) is 10.9. The van der Waals surface area contributed by atoms with Crippen molar-refractivity contribution in [2.75, 3.05) is 0 Å². The molecule has 14 heavy (non-hydrogen) atoms. The van der Waals surface area contributed by atoms with Crippen molar-refractivity contribution in [3.63, 3.8) is 0 Å². The molecule has 1 aliphatic heterocycles. The Balaban J connectivity index is 2.29. The molecule has 0 saturated carbocycles. The van der Waals surface area contributed by atoms with E-state index in [-0.39, 0.29) is 17.7 Å². The lowest BCUT2D eigenvalue weighted by molar-refractivity contribution is -0.120. The molecule has 0 aliphatic carbocycles. The van der Waals surface area contributed by atoms with E-state index in [2.05, 4.69) is 5.32 Å². The first-order valence-corrected chi connectivity index (χ1v) is 4.50. The molecule has 0 bridgehead atoms. The molecule has 1 unspecified atom stereocenters. The average Bonchev–Trinajstić information content (AvgIpc) is 2.16. The molecule has 74 valence electrons. The summed E-state index contributed by atoms with van der Waals surface area (Å²) in [6.45, 7) is 0.628. The van der Waals surface area contributed by atoms with Crippen LogP contribution >= 0.6 is 0 Å². The van der Waals surface area contributed by atoms with Crippen molar-refractivity contribution in [3.05, 3.63) is 29.3 Å². The number of nitrogens with two attached hydrogens (primary N) is 1. The van der Waals surface area contributed by atoms with Gasteiger partial charge in [-0.15, -0.1) is 0 Å². The van der Waals surface area contributed by atoms with E-state index in [1.165, 1.54) is 0 Å². The maximum atomic E-state index is 10.9. The summed E-state index contributed by atoms with van der Waals surface area (Å²) in [5.41, 5.74) is 7.30. The first kappa shape index (κ1) is 9.02. The zero-order valence-electron chi connectivity index (χ0n) is 7.66. The molecule has 4 N–H and O–H groups in total. The molecular weight excluding hydrogens is 180 g/mol. The minimum absolute atomic E-state index is 0.230. The second-order valence-electron chi connectivity index (χ2n) is 3.49. The van der Waals surface area contributed by atoms with Crippen molar-refractivity contribution in [3.8, 4) is 5.75 Å². The number of hydrogen-bond donors (Lipinski definition) is 3. The van der Waals surface area contributed by atoms with E-state index < -0.39 is 0 Å². The highest BCUT2D eigenvalue weighted by atomic mass is 16.3. The van der Waals surface area contributed by atoms with Crippen LogP contribution in [0.25, 0.3) is 0 Å². The molecule has 1 atom stereocenters. The fourth-order valence-corrected chi connectivity index (χ4v) is 1.70. The molecule has 0 fully saturated rings. The number of hydrogen-bond acceptors (Lipinski definition) is 3. The van der Waals surface area contributed by atoms with Crippen molar-refractivity contribution in [2.24, 2.45) is 5.73 Å². The Hall–Kier alpha value is -1.55. The quantitative estimate of drug-likeness (QED) is 0.581. The van der Waals surface area contributed by atoms with Crippen molar-refractivity contribution in [1.82, 2.24) is 5.32 Å². The number of nitrogens with one attached hydrogen (secondary N) is 1. The molecule has 0 radical (unpaired) electrons. The van der Waals surface area contributed by atoms with Crippen molar-refractivity contribution in [1.29, 1.82) is 0 Å². The molecule has 1 aromatic carbocycles. The van der Waals surface area contributed by atoms with Crippen LogP contribution in [0, 0.1) is 0 Å². The Kier molecular flexibility index (Phi) is 2.13. The summed E-state index contributed by atoms with van der Waals surface area (Å²) >= 11 is 0. The summed E-state index contributed by atoms with van der Waals surface area (Å²) in [6, 6.07) is 4.87. The van der Waals surface area contributed by atoms with Gasteiger partial charge in [-0.3, -0.25) is 4.79 Å². The molecule has 1 heterocycles. The standard InChI is InChI=1S/C10H12N2O2/c11-10(14)9-4-7-3-8(13)2-1-6(7)5-12-9/h1-3,9,12-13H,4-5H2,(H2,11,14). The molecule has 0 spiro atoms. The van der Waals surface area contributed by atoms with Crippen LogP contribution in [-0.2, 0) is 17.8 Å². The lowest BCUT2D eigenvalue weighted by Crippen LogP contribution is -2.45. The summed E-state index contributed by atoms with van der Waals surface area (Å²) < 4.78 is 0. The fraction of sp³-hybridized carbons (Fsp3) is 0.300. The molecule has 4 nitrogen and oxygen atoms in total. The third kappa shape index (κ3) is 1.56. The second kappa shape index (κ2) is 3.31. The predicted octanol–water partition coefficient (Wildman–Crippen LogP) is -0.108. The van der Waals surface area contributed by atoms with E-state index in [9.17, 15) is 9.90 Å². The van der Waals surface area contributed by atoms with Gasteiger partial charge in [0, 0.05) is 6.54 Å². The van der Waals surface area contributed by atoms with E-state index in [0.29, 0.717) is 13.0 Å². The van der Waals surface area contributed by atoms with E-state index in [1.54, 1.807) is 12.1 Å². The molecule has 4 heteroatoms.